The molecule has 0 amide bonds. The molecule has 2 N–H and O–H groups in total. The second kappa shape index (κ2) is 7.85. The molecule has 0 radical (unpaired) electrons. The van der Waals surface area contributed by atoms with Crippen LogP contribution >= 0.6 is 11.3 Å². The van der Waals surface area contributed by atoms with Crippen LogP contribution < -0.4 is 10.1 Å². The lowest BCUT2D eigenvalue weighted by atomic mass is 9.88. The van der Waals surface area contributed by atoms with Gasteiger partial charge >= 0.3 is 5.97 Å². The number of aryl methyl sites for hydroxylation is 1. The number of nitrogens with one attached hydrogen (secondary N) is 1. The Morgan fingerprint density at radius 3 is 2.94 bits per heavy atom. The third kappa shape index (κ3) is 3.95. The number of aromatic nitrogens is 2. The van der Waals surface area contributed by atoms with Crippen molar-refractivity contribution in [2.75, 3.05) is 11.9 Å². The molecule has 2 aromatic heterocycles. The van der Waals surface area contributed by atoms with Crippen LogP contribution in [-0.2, 0) is 24.2 Å². The fourth-order valence-corrected chi connectivity index (χ4v) is 5.46. The number of rotatable bonds is 5. The highest BCUT2D eigenvalue weighted by molar-refractivity contribution is 7.19. The van der Waals surface area contributed by atoms with Crippen molar-refractivity contribution in [3.8, 4) is 5.75 Å². The van der Waals surface area contributed by atoms with Gasteiger partial charge in [-0.25, -0.2) is 9.97 Å². The summed E-state index contributed by atoms with van der Waals surface area (Å²) in [6.45, 7) is 7.69. The van der Waals surface area contributed by atoms with Crippen LogP contribution in [0.2, 0.25) is 0 Å². The Labute approximate surface area is 190 Å². The van der Waals surface area contributed by atoms with Gasteiger partial charge in [0, 0.05) is 11.1 Å². The van der Waals surface area contributed by atoms with Crippen LogP contribution in [-0.4, -0.2) is 33.9 Å². The van der Waals surface area contributed by atoms with Gasteiger partial charge in [-0.05, 0) is 53.5 Å². The Morgan fingerprint density at radius 1 is 1.31 bits per heavy atom. The van der Waals surface area contributed by atoms with Crippen molar-refractivity contribution >= 4 is 45.2 Å². The van der Waals surface area contributed by atoms with Crippen LogP contribution in [0.3, 0.4) is 0 Å². The van der Waals surface area contributed by atoms with E-state index in [0.717, 1.165) is 49.9 Å². The van der Waals surface area contributed by atoms with Crippen molar-refractivity contribution in [3.05, 3.63) is 40.0 Å². The molecule has 166 valence electrons. The monoisotopic (exact) mass is 450 g/mol. The highest BCUT2D eigenvalue weighted by Gasteiger charge is 2.29. The van der Waals surface area contributed by atoms with Gasteiger partial charge in [-0.3, -0.25) is 9.79 Å². The van der Waals surface area contributed by atoms with Gasteiger partial charge < -0.3 is 15.2 Å². The topological polar surface area (TPSA) is 96.7 Å². The predicted molar refractivity (Wildman–Crippen MR) is 127 cm³/mol. The zero-order valence-electron chi connectivity index (χ0n) is 18.4. The first-order valence-corrected chi connectivity index (χ1v) is 11.6. The molecular formula is C24H26N4O3S. The zero-order chi connectivity index (χ0) is 22.5. The first-order valence-electron chi connectivity index (χ1n) is 10.8. The van der Waals surface area contributed by atoms with Gasteiger partial charge in [-0.2, -0.15) is 0 Å². The Balaban J connectivity index is 1.53. The minimum Gasteiger partial charge on any atom is -0.491 e. The van der Waals surface area contributed by atoms with Gasteiger partial charge in [0.25, 0.3) is 0 Å². The number of carboxylic acid groups (broad SMARTS) is 1. The third-order valence-corrected chi connectivity index (χ3v) is 7.00. The Morgan fingerprint density at radius 2 is 2.16 bits per heavy atom. The van der Waals surface area contributed by atoms with E-state index in [-0.39, 0.29) is 11.3 Å². The largest absolute Gasteiger partial charge is 0.491 e. The summed E-state index contributed by atoms with van der Waals surface area (Å²) in [6.07, 6.45) is 5.37. The molecule has 0 saturated carbocycles. The number of aliphatic carboxylic acids is 1. The molecule has 5 rings (SSSR count). The summed E-state index contributed by atoms with van der Waals surface area (Å²) in [5.74, 6) is 0.467. The maximum Gasteiger partial charge on any atom is 0.306 e. The number of nitrogens with zero attached hydrogens (tertiary/aromatic N) is 3. The average molecular weight is 451 g/mol. The number of fused-ring (bicyclic) bond motifs is 4. The van der Waals surface area contributed by atoms with Gasteiger partial charge in [0.05, 0.1) is 30.1 Å². The van der Waals surface area contributed by atoms with Crippen LogP contribution in [0.25, 0.3) is 10.2 Å². The first kappa shape index (κ1) is 20.9. The summed E-state index contributed by atoms with van der Waals surface area (Å²) < 4.78 is 6.22. The standard InChI is InChI=1S/C24H26N4O3S/c1-24(2,3)11-31-18-7-15-10-25-9-14(15)6-17(18)28-21-20-16-5-4-13(23(29)30)8-19(16)32-22(20)27-12-26-21/h6-7,9,12-13H,4-5,8,10-11H2,1-3H3,(H,29,30)(H,26,27,28)/t13-/m0/s1. The normalized spacial score (nSPS) is 17.3. The van der Waals surface area contributed by atoms with Crippen LogP contribution in [0.1, 0.15) is 48.8 Å². The van der Waals surface area contributed by atoms with Crippen molar-refractivity contribution < 1.29 is 14.6 Å². The van der Waals surface area contributed by atoms with E-state index in [4.69, 9.17) is 4.74 Å². The maximum atomic E-state index is 11.5. The second-order valence-corrected chi connectivity index (χ2v) is 10.8. The van der Waals surface area contributed by atoms with Crippen LogP contribution in [0.5, 0.6) is 5.75 Å². The molecule has 0 unspecified atom stereocenters. The van der Waals surface area contributed by atoms with Gasteiger partial charge in [0.15, 0.2) is 0 Å². The zero-order valence-corrected chi connectivity index (χ0v) is 19.3. The van der Waals surface area contributed by atoms with Crippen molar-refractivity contribution in [2.45, 2.75) is 46.6 Å². The molecule has 32 heavy (non-hydrogen) atoms. The molecule has 2 aliphatic rings. The Hall–Kier alpha value is -3.00. The van der Waals surface area contributed by atoms with Crippen LogP contribution in [0, 0.1) is 11.3 Å². The molecule has 3 aromatic rings. The second-order valence-electron chi connectivity index (χ2n) is 9.68. The number of ether oxygens (including phenoxy) is 1. The molecule has 0 bridgehead atoms. The van der Waals surface area contributed by atoms with Crippen molar-refractivity contribution in [3.63, 3.8) is 0 Å². The van der Waals surface area contributed by atoms with Gasteiger partial charge in [0.1, 0.15) is 22.7 Å². The summed E-state index contributed by atoms with van der Waals surface area (Å²) in [6, 6.07) is 4.13. The van der Waals surface area contributed by atoms with E-state index in [9.17, 15) is 9.90 Å². The molecule has 1 aromatic carbocycles. The lowest BCUT2D eigenvalue weighted by Crippen LogP contribution is -2.21. The molecule has 0 fully saturated rings. The fraction of sp³-hybridized carbons (Fsp3) is 0.417. The summed E-state index contributed by atoms with van der Waals surface area (Å²) in [5, 5.41) is 13.9. The van der Waals surface area contributed by atoms with Crippen molar-refractivity contribution in [1.82, 2.24) is 9.97 Å². The van der Waals surface area contributed by atoms with Crippen LogP contribution in [0.15, 0.2) is 23.5 Å². The lowest BCUT2D eigenvalue weighted by molar-refractivity contribution is -0.142. The number of hydrogen-bond donors (Lipinski definition) is 2. The number of thiophene rings is 1. The van der Waals surface area contributed by atoms with Crippen molar-refractivity contribution in [2.24, 2.45) is 16.3 Å². The molecule has 1 aliphatic carbocycles. The van der Waals surface area contributed by atoms with E-state index in [1.807, 2.05) is 6.21 Å². The minimum absolute atomic E-state index is 0.0298. The molecule has 0 spiro atoms. The summed E-state index contributed by atoms with van der Waals surface area (Å²) in [7, 11) is 0. The third-order valence-electron chi connectivity index (χ3n) is 5.84. The summed E-state index contributed by atoms with van der Waals surface area (Å²) in [5.41, 5.74) is 4.28. The minimum atomic E-state index is -0.724. The molecular weight excluding hydrogens is 424 g/mol. The lowest BCUT2D eigenvalue weighted by Gasteiger charge is -2.22. The van der Waals surface area contributed by atoms with Gasteiger partial charge in [-0.15, -0.1) is 11.3 Å². The van der Waals surface area contributed by atoms with E-state index in [0.29, 0.717) is 26.0 Å². The molecule has 8 heteroatoms. The molecule has 1 aliphatic heterocycles. The molecule has 3 heterocycles. The van der Waals surface area contributed by atoms with E-state index < -0.39 is 5.97 Å². The summed E-state index contributed by atoms with van der Waals surface area (Å²) >= 11 is 1.58. The Bertz CT molecular complexity index is 1240. The quantitative estimate of drug-likeness (QED) is 0.569. The number of aliphatic imine (C=N–C) groups is 1. The number of hydrogen-bond acceptors (Lipinski definition) is 7. The molecule has 7 nitrogen and oxygen atoms in total. The Kier molecular flexibility index (Phi) is 5.12. The SMILES string of the molecule is CC(C)(C)COc1cc2c(cc1Nc1ncnc3sc4c(c13)CC[C@H](C(=O)O)C4)C=NC2. The number of carboxylic acids is 1. The highest BCUT2D eigenvalue weighted by Crippen LogP contribution is 2.42. The number of benzene rings is 1. The van der Waals surface area contributed by atoms with E-state index in [1.165, 1.54) is 5.56 Å². The van der Waals surface area contributed by atoms with Crippen molar-refractivity contribution in [1.29, 1.82) is 0 Å². The number of anilines is 2. The van der Waals surface area contributed by atoms with E-state index in [1.54, 1.807) is 17.7 Å². The maximum absolute atomic E-state index is 11.5. The van der Waals surface area contributed by atoms with E-state index >= 15 is 0 Å². The smallest absolute Gasteiger partial charge is 0.306 e. The number of carbonyl (C=O) groups is 1. The molecule has 1 atom stereocenters. The summed E-state index contributed by atoms with van der Waals surface area (Å²) in [4.78, 5) is 26.9. The van der Waals surface area contributed by atoms with E-state index in [2.05, 4.69) is 53.2 Å². The highest BCUT2D eigenvalue weighted by atomic mass is 32.1. The fourth-order valence-electron chi connectivity index (χ4n) is 4.19. The average Bonchev–Trinajstić information content (AvgIpc) is 3.34. The van der Waals surface area contributed by atoms with Gasteiger partial charge in [0.2, 0.25) is 0 Å². The van der Waals surface area contributed by atoms with Crippen LogP contribution in [0.4, 0.5) is 11.5 Å². The van der Waals surface area contributed by atoms with Gasteiger partial charge in [-0.1, -0.05) is 20.8 Å². The first-order chi connectivity index (χ1) is 15.3. The molecule has 0 saturated heterocycles. The predicted octanol–water partition coefficient (Wildman–Crippen LogP) is 4.98.